The SMILES string of the molecule is CNc1cc(F)c(C(C)(C)C)c(Br)c1. The van der Waals surface area contributed by atoms with Crippen molar-refractivity contribution >= 4 is 21.6 Å². The van der Waals surface area contributed by atoms with Crippen molar-refractivity contribution in [1.29, 1.82) is 0 Å². The molecule has 78 valence electrons. The van der Waals surface area contributed by atoms with E-state index in [0.717, 1.165) is 15.7 Å². The summed E-state index contributed by atoms with van der Waals surface area (Å²) in [5.41, 5.74) is 1.31. The molecule has 0 saturated heterocycles. The number of rotatable bonds is 1. The number of anilines is 1. The van der Waals surface area contributed by atoms with E-state index in [4.69, 9.17) is 0 Å². The van der Waals surface area contributed by atoms with Crippen molar-refractivity contribution in [3.63, 3.8) is 0 Å². The second-order valence-corrected chi connectivity index (χ2v) is 5.17. The third-order valence-corrected chi connectivity index (χ3v) is 2.71. The van der Waals surface area contributed by atoms with Crippen LogP contribution in [-0.2, 0) is 5.41 Å². The van der Waals surface area contributed by atoms with E-state index in [-0.39, 0.29) is 11.2 Å². The molecule has 0 atom stereocenters. The molecule has 0 aliphatic rings. The van der Waals surface area contributed by atoms with E-state index in [1.807, 2.05) is 26.8 Å². The minimum absolute atomic E-state index is 0.170. The third-order valence-electron chi connectivity index (χ3n) is 2.08. The van der Waals surface area contributed by atoms with Gasteiger partial charge in [0.15, 0.2) is 0 Å². The van der Waals surface area contributed by atoms with Gasteiger partial charge in [0.1, 0.15) is 5.82 Å². The summed E-state index contributed by atoms with van der Waals surface area (Å²) in [5, 5.41) is 2.92. The number of hydrogen-bond acceptors (Lipinski definition) is 1. The molecule has 0 spiro atoms. The Balaban J connectivity index is 3.33. The molecule has 0 saturated carbocycles. The largest absolute Gasteiger partial charge is 0.388 e. The lowest BCUT2D eigenvalue weighted by atomic mass is 9.86. The maximum absolute atomic E-state index is 13.7. The Hall–Kier alpha value is -0.570. The summed E-state index contributed by atoms with van der Waals surface area (Å²) in [6.07, 6.45) is 0. The molecule has 0 amide bonds. The van der Waals surface area contributed by atoms with Crippen LogP contribution in [0, 0.1) is 5.82 Å². The zero-order valence-electron chi connectivity index (χ0n) is 8.91. The van der Waals surface area contributed by atoms with Crippen molar-refractivity contribution < 1.29 is 4.39 Å². The summed E-state index contributed by atoms with van der Waals surface area (Å²) in [6, 6.07) is 3.41. The highest BCUT2D eigenvalue weighted by molar-refractivity contribution is 9.10. The topological polar surface area (TPSA) is 12.0 Å². The molecule has 0 heterocycles. The molecule has 0 unspecified atom stereocenters. The van der Waals surface area contributed by atoms with Crippen LogP contribution in [0.5, 0.6) is 0 Å². The first-order chi connectivity index (χ1) is 6.36. The molecule has 1 aromatic carbocycles. The van der Waals surface area contributed by atoms with Gasteiger partial charge in [-0.15, -0.1) is 0 Å². The van der Waals surface area contributed by atoms with E-state index in [9.17, 15) is 4.39 Å². The highest BCUT2D eigenvalue weighted by Crippen LogP contribution is 2.34. The van der Waals surface area contributed by atoms with Crippen LogP contribution in [-0.4, -0.2) is 7.05 Å². The van der Waals surface area contributed by atoms with Gasteiger partial charge in [-0.05, 0) is 17.5 Å². The second kappa shape index (κ2) is 3.89. The van der Waals surface area contributed by atoms with Crippen LogP contribution in [0.15, 0.2) is 16.6 Å². The van der Waals surface area contributed by atoms with E-state index < -0.39 is 0 Å². The van der Waals surface area contributed by atoms with E-state index in [0.29, 0.717) is 0 Å². The zero-order chi connectivity index (χ0) is 10.9. The zero-order valence-corrected chi connectivity index (χ0v) is 10.5. The molecule has 0 fully saturated rings. The van der Waals surface area contributed by atoms with Gasteiger partial charge in [0.2, 0.25) is 0 Å². The van der Waals surface area contributed by atoms with Crippen LogP contribution in [0.3, 0.4) is 0 Å². The molecule has 0 aliphatic heterocycles. The van der Waals surface area contributed by atoms with E-state index in [1.54, 1.807) is 7.05 Å². The third kappa shape index (κ3) is 2.27. The summed E-state index contributed by atoms with van der Waals surface area (Å²) in [7, 11) is 1.78. The highest BCUT2D eigenvalue weighted by Gasteiger charge is 2.21. The van der Waals surface area contributed by atoms with Gasteiger partial charge in [-0.2, -0.15) is 0 Å². The van der Waals surface area contributed by atoms with Gasteiger partial charge in [-0.1, -0.05) is 36.7 Å². The van der Waals surface area contributed by atoms with Gasteiger partial charge in [-0.25, -0.2) is 4.39 Å². The molecule has 1 nitrogen and oxygen atoms in total. The van der Waals surface area contributed by atoms with Crippen molar-refractivity contribution in [3.8, 4) is 0 Å². The van der Waals surface area contributed by atoms with Gasteiger partial charge in [0.05, 0.1) is 0 Å². The molecule has 14 heavy (non-hydrogen) atoms. The van der Waals surface area contributed by atoms with Gasteiger partial charge < -0.3 is 5.32 Å². The lowest BCUT2D eigenvalue weighted by molar-refractivity contribution is 0.520. The Morgan fingerprint density at radius 1 is 1.29 bits per heavy atom. The Morgan fingerprint density at radius 3 is 2.21 bits per heavy atom. The van der Waals surface area contributed by atoms with Crippen LogP contribution in [0.1, 0.15) is 26.3 Å². The fourth-order valence-electron chi connectivity index (χ4n) is 1.43. The van der Waals surface area contributed by atoms with Crippen LogP contribution < -0.4 is 5.32 Å². The molecule has 0 radical (unpaired) electrons. The molecule has 1 rings (SSSR count). The lowest BCUT2D eigenvalue weighted by Crippen LogP contribution is -2.14. The summed E-state index contributed by atoms with van der Waals surface area (Å²) < 4.78 is 14.5. The van der Waals surface area contributed by atoms with Gasteiger partial charge in [0.25, 0.3) is 0 Å². The van der Waals surface area contributed by atoms with E-state index in [1.165, 1.54) is 6.07 Å². The molecular formula is C11H15BrFN. The van der Waals surface area contributed by atoms with Crippen molar-refractivity contribution in [2.24, 2.45) is 0 Å². The molecule has 1 aromatic rings. The van der Waals surface area contributed by atoms with Crippen molar-refractivity contribution in [2.75, 3.05) is 12.4 Å². The molecule has 1 N–H and O–H groups in total. The average molecular weight is 260 g/mol. The van der Waals surface area contributed by atoms with E-state index >= 15 is 0 Å². The maximum Gasteiger partial charge on any atom is 0.130 e. The first kappa shape index (κ1) is 11.5. The maximum atomic E-state index is 13.7. The number of hydrogen-bond donors (Lipinski definition) is 1. The second-order valence-electron chi connectivity index (χ2n) is 4.31. The lowest BCUT2D eigenvalue weighted by Gasteiger charge is -2.22. The molecule has 0 bridgehead atoms. The standard InChI is InChI=1S/C11H15BrFN/c1-11(2,3)10-8(12)5-7(14-4)6-9(10)13/h5-6,14H,1-4H3. The predicted octanol–water partition coefficient (Wildman–Crippen LogP) is 3.93. The van der Waals surface area contributed by atoms with Gasteiger partial charge in [0, 0.05) is 22.8 Å². The van der Waals surface area contributed by atoms with Gasteiger partial charge >= 0.3 is 0 Å². The van der Waals surface area contributed by atoms with Crippen molar-refractivity contribution in [1.82, 2.24) is 0 Å². The number of nitrogens with one attached hydrogen (secondary N) is 1. The Bertz CT molecular complexity index is 319. The van der Waals surface area contributed by atoms with E-state index in [2.05, 4.69) is 21.2 Å². The Labute approximate surface area is 92.8 Å². The Kier molecular flexibility index (Phi) is 3.20. The molecule has 0 aliphatic carbocycles. The van der Waals surface area contributed by atoms with Gasteiger partial charge in [-0.3, -0.25) is 0 Å². The fraction of sp³-hybridized carbons (Fsp3) is 0.455. The summed E-state index contributed by atoms with van der Waals surface area (Å²) in [5.74, 6) is -0.170. The smallest absolute Gasteiger partial charge is 0.130 e. The average Bonchev–Trinajstić information content (AvgIpc) is 1.99. The summed E-state index contributed by atoms with van der Waals surface area (Å²) >= 11 is 3.39. The van der Waals surface area contributed by atoms with Crippen LogP contribution >= 0.6 is 15.9 Å². The minimum Gasteiger partial charge on any atom is -0.388 e. The first-order valence-corrected chi connectivity index (χ1v) is 5.33. The quantitative estimate of drug-likeness (QED) is 0.806. The molecular weight excluding hydrogens is 245 g/mol. The van der Waals surface area contributed by atoms with Crippen LogP contribution in [0.4, 0.5) is 10.1 Å². The number of benzene rings is 1. The predicted molar refractivity (Wildman–Crippen MR) is 62.3 cm³/mol. The summed E-state index contributed by atoms with van der Waals surface area (Å²) in [4.78, 5) is 0. The van der Waals surface area contributed by atoms with Crippen molar-refractivity contribution in [2.45, 2.75) is 26.2 Å². The van der Waals surface area contributed by atoms with Crippen LogP contribution in [0.25, 0.3) is 0 Å². The molecule has 0 aromatic heterocycles. The normalized spacial score (nSPS) is 11.6. The summed E-state index contributed by atoms with van der Waals surface area (Å²) in [6.45, 7) is 5.99. The Morgan fingerprint density at radius 2 is 1.86 bits per heavy atom. The first-order valence-electron chi connectivity index (χ1n) is 4.53. The minimum atomic E-state index is -0.185. The fourth-order valence-corrected chi connectivity index (χ4v) is 2.46. The molecule has 3 heteroatoms. The van der Waals surface area contributed by atoms with Crippen molar-refractivity contribution in [3.05, 3.63) is 28.0 Å². The monoisotopic (exact) mass is 259 g/mol. The number of halogens is 2. The van der Waals surface area contributed by atoms with Crippen LogP contribution in [0.2, 0.25) is 0 Å². The highest BCUT2D eigenvalue weighted by atomic mass is 79.9.